The molecule has 0 aromatic carbocycles. The van der Waals surface area contributed by atoms with Crippen LogP contribution in [0.25, 0.3) is 0 Å². The molecule has 1 aliphatic heterocycles. The zero-order valence-electron chi connectivity index (χ0n) is 13.7. The van der Waals surface area contributed by atoms with Gasteiger partial charge in [-0.3, -0.25) is 9.78 Å². The van der Waals surface area contributed by atoms with E-state index in [2.05, 4.69) is 20.3 Å². The fourth-order valence-corrected chi connectivity index (χ4v) is 2.84. The highest BCUT2D eigenvalue weighted by Crippen LogP contribution is 2.25. The fraction of sp³-hybridized carbons (Fsp3) is 0.412. The van der Waals surface area contributed by atoms with E-state index in [1.165, 1.54) is 7.11 Å². The third-order valence-corrected chi connectivity index (χ3v) is 4.05. The quantitative estimate of drug-likeness (QED) is 0.904. The molecule has 1 amide bonds. The average Bonchev–Trinajstić information content (AvgIpc) is 2.63. The van der Waals surface area contributed by atoms with Gasteiger partial charge in [-0.2, -0.15) is 0 Å². The first kappa shape index (κ1) is 16.3. The SMILES string of the molecule is COCC(=O)N1CCC[C@H](c2cnc(Nc3ccccn3)cn2)C1. The second-order valence-electron chi connectivity index (χ2n) is 5.78. The van der Waals surface area contributed by atoms with Gasteiger partial charge in [0.2, 0.25) is 5.91 Å². The van der Waals surface area contributed by atoms with Crippen LogP contribution in [0.4, 0.5) is 11.6 Å². The summed E-state index contributed by atoms with van der Waals surface area (Å²) in [5.74, 6) is 1.63. The number of nitrogens with zero attached hydrogens (tertiary/aromatic N) is 4. The summed E-state index contributed by atoms with van der Waals surface area (Å²) in [4.78, 5) is 27.0. The van der Waals surface area contributed by atoms with E-state index in [9.17, 15) is 4.79 Å². The number of likely N-dealkylation sites (tertiary alicyclic amines) is 1. The topological polar surface area (TPSA) is 80.2 Å². The second-order valence-corrected chi connectivity index (χ2v) is 5.78. The fourth-order valence-electron chi connectivity index (χ4n) is 2.84. The number of nitrogens with one attached hydrogen (secondary N) is 1. The lowest BCUT2D eigenvalue weighted by atomic mass is 9.95. The Labute approximate surface area is 141 Å². The third kappa shape index (κ3) is 4.05. The lowest BCUT2D eigenvalue weighted by molar-refractivity contribution is -0.136. The van der Waals surface area contributed by atoms with Crippen LogP contribution in [-0.2, 0) is 9.53 Å². The molecule has 0 spiro atoms. The predicted molar refractivity (Wildman–Crippen MR) is 90.0 cm³/mol. The Morgan fingerprint density at radius 3 is 2.92 bits per heavy atom. The molecule has 7 heteroatoms. The van der Waals surface area contributed by atoms with E-state index in [4.69, 9.17) is 4.74 Å². The molecule has 0 unspecified atom stereocenters. The predicted octanol–water partition coefficient (Wildman–Crippen LogP) is 1.97. The zero-order chi connectivity index (χ0) is 16.8. The monoisotopic (exact) mass is 327 g/mol. The van der Waals surface area contributed by atoms with E-state index in [-0.39, 0.29) is 18.4 Å². The maximum atomic E-state index is 12.0. The van der Waals surface area contributed by atoms with Crippen molar-refractivity contribution in [3.63, 3.8) is 0 Å². The van der Waals surface area contributed by atoms with Crippen molar-refractivity contribution in [1.29, 1.82) is 0 Å². The molecule has 1 fully saturated rings. The molecule has 7 nitrogen and oxygen atoms in total. The number of rotatable bonds is 5. The van der Waals surface area contributed by atoms with Crippen LogP contribution >= 0.6 is 0 Å². The van der Waals surface area contributed by atoms with Crippen molar-refractivity contribution in [2.24, 2.45) is 0 Å². The summed E-state index contributed by atoms with van der Waals surface area (Å²) in [5.41, 5.74) is 0.913. The Bertz CT molecular complexity index is 662. The van der Waals surface area contributed by atoms with Crippen LogP contribution in [0.15, 0.2) is 36.8 Å². The van der Waals surface area contributed by atoms with Crippen molar-refractivity contribution < 1.29 is 9.53 Å². The first-order chi connectivity index (χ1) is 11.8. The minimum Gasteiger partial charge on any atom is -0.375 e. The lowest BCUT2D eigenvalue weighted by Gasteiger charge is -2.32. The maximum absolute atomic E-state index is 12.0. The minimum atomic E-state index is 0.0311. The molecule has 2 aromatic heterocycles. The number of anilines is 2. The van der Waals surface area contributed by atoms with Gasteiger partial charge in [0.1, 0.15) is 18.2 Å². The summed E-state index contributed by atoms with van der Waals surface area (Å²) < 4.78 is 4.94. The summed E-state index contributed by atoms with van der Waals surface area (Å²) in [7, 11) is 1.54. The number of methoxy groups -OCH3 is 1. The zero-order valence-corrected chi connectivity index (χ0v) is 13.7. The van der Waals surface area contributed by atoms with Crippen molar-refractivity contribution in [3.8, 4) is 0 Å². The Morgan fingerprint density at radius 2 is 2.21 bits per heavy atom. The molecule has 3 heterocycles. The van der Waals surface area contributed by atoms with E-state index in [1.54, 1.807) is 18.6 Å². The number of amides is 1. The molecule has 126 valence electrons. The van der Waals surface area contributed by atoms with Gasteiger partial charge in [0.15, 0.2) is 0 Å². The van der Waals surface area contributed by atoms with Crippen LogP contribution < -0.4 is 5.32 Å². The highest BCUT2D eigenvalue weighted by Gasteiger charge is 2.25. The molecule has 24 heavy (non-hydrogen) atoms. The molecule has 1 aliphatic rings. The number of piperidine rings is 1. The summed E-state index contributed by atoms with van der Waals surface area (Å²) in [6.45, 7) is 1.58. The van der Waals surface area contributed by atoms with Gasteiger partial charge < -0.3 is 15.0 Å². The van der Waals surface area contributed by atoms with E-state index in [0.717, 1.165) is 30.9 Å². The van der Waals surface area contributed by atoms with Gasteiger partial charge in [0.25, 0.3) is 0 Å². The molecule has 1 atom stereocenters. The molecular formula is C17H21N5O2. The number of carbonyl (C=O) groups excluding carboxylic acids is 1. The highest BCUT2D eigenvalue weighted by molar-refractivity contribution is 5.77. The van der Waals surface area contributed by atoms with Crippen LogP contribution in [0.1, 0.15) is 24.5 Å². The van der Waals surface area contributed by atoms with Gasteiger partial charge >= 0.3 is 0 Å². The van der Waals surface area contributed by atoms with E-state index >= 15 is 0 Å². The Hall–Kier alpha value is -2.54. The summed E-state index contributed by atoms with van der Waals surface area (Å²) in [6.07, 6.45) is 7.19. The van der Waals surface area contributed by atoms with Crippen molar-refractivity contribution >= 4 is 17.5 Å². The van der Waals surface area contributed by atoms with Gasteiger partial charge in [0, 0.05) is 32.3 Å². The normalized spacial score (nSPS) is 17.5. The third-order valence-electron chi connectivity index (χ3n) is 4.05. The molecule has 0 aliphatic carbocycles. The van der Waals surface area contributed by atoms with Crippen LogP contribution in [0, 0.1) is 0 Å². The van der Waals surface area contributed by atoms with Gasteiger partial charge in [-0.1, -0.05) is 6.07 Å². The molecular weight excluding hydrogens is 306 g/mol. The van der Waals surface area contributed by atoms with E-state index in [1.807, 2.05) is 23.1 Å². The van der Waals surface area contributed by atoms with Crippen LogP contribution in [0.3, 0.4) is 0 Å². The lowest BCUT2D eigenvalue weighted by Crippen LogP contribution is -2.41. The van der Waals surface area contributed by atoms with Crippen LogP contribution in [0.2, 0.25) is 0 Å². The largest absolute Gasteiger partial charge is 0.375 e. The van der Waals surface area contributed by atoms with Gasteiger partial charge in [0.05, 0.1) is 18.1 Å². The molecule has 0 radical (unpaired) electrons. The van der Waals surface area contributed by atoms with Crippen LogP contribution in [-0.4, -0.2) is 52.6 Å². The van der Waals surface area contributed by atoms with E-state index < -0.39 is 0 Å². The minimum absolute atomic E-state index is 0.0311. The smallest absolute Gasteiger partial charge is 0.248 e. The Kier molecular flexibility index (Phi) is 5.32. The van der Waals surface area contributed by atoms with Crippen molar-refractivity contribution in [2.45, 2.75) is 18.8 Å². The van der Waals surface area contributed by atoms with Crippen molar-refractivity contribution in [3.05, 3.63) is 42.5 Å². The first-order valence-electron chi connectivity index (χ1n) is 8.03. The molecule has 0 saturated carbocycles. The van der Waals surface area contributed by atoms with Gasteiger partial charge in [-0.15, -0.1) is 0 Å². The Balaban J connectivity index is 1.63. The van der Waals surface area contributed by atoms with Crippen LogP contribution in [0.5, 0.6) is 0 Å². The maximum Gasteiger partial charge on any atom is 0.248 e. The Morgan fingerprint density at radius 1 is 1.29 bits per heavy atom. The number of ether oxygens (including phenoxy) is 1. The summed E-state index contributed by atoms with van der Waals surface area (Å²) >= 11 is 0. The molecule has 2 aromatic rings. The summed E-state index contributed by atoms with van der Waals surface area (Å²) in [5, 5.41) is 3.11. The standard InChI is InChI=1S/C17H21N5O2/c1-24-12-17(23)22-8-4-5-13(11-22)14-9-20-16(10-19-14)21-15-6-2-3-7-18-15/h2-3,6-7,9-10,13H,4-5,8,11-12H2,1H3,(H,18,20,21)/t13-/m0/s1. The number of pyridine rings is 1. The number of aromatic nitrogens is 3. The molecule has 1 N–H and O–H groups in total. The second kappa shape index (κ2) is 7.83. The summed E-state index contributed by atoms with van der Waals surface area (Å²) in [6, 6.07) is 5.64. The highest BCUT2D eigenvalue weighted by atomic mass is 16.5. The molecule has 3 rings (SSSR count). The number of carbonyl (C=O) groups is 1. The number of hydrogen-bond donors (Lipinski definition) is 1. The first-order valence-corrected chi connectivity index (χ1v) is 8.03. The average molecular weight is 327 g/mol. The van der Waals surface area contributed by atoms with Gasteiger partial charge in [-0.25, -0.2) is 9.97 Å². The van der Waals surface area contributed by atoms with Gasteiger partial charge in [-0.05, 0) is 25.0 Å². The molecule has 0 bridgehead atoms. The number of hydrogen-bond acceptors (Lipinski definition) is 6. The van der Waals surface area contributed by atoms with Crippen molar-refractivity contribution in [2.75, 3.05) is 32.1 Å². The molecule has 1 saturated heterocycles. The van der Waals surface area contributed by atoms with Crippen molar-refractivity contribution in [1.82, 2.24) is 19.9 Å². The van der Waals surface area contributed by atoms with E-state index in [0.29, 0.717) is 12.4 Å².